The first-order valence-electron chi connectivity index (χ1n) is 4.46. The van der Waals surface area contributed by atoms with Crippen LogP contribution in [0.4, 0.5) is 5.69 Å². The van der Waals surface area contributed by atoms with Crippen molar-refractivity contribution in [3.8, 4) is 11.6 Å². The minimum atomic E-state index is -0.483. The predicted octanol–water partition coefficient (Wildman–Crippen LogP) is 2.18. The fourth-order valence-electron chi connectivity index (χ4n) is 1.12. The van der Waals surface area contributed by atoms with Gasteiger partial charge in [-0.2, -0.15) is 5.10 Å². The molecule has 6 heteroatoms. The van der Waals surface area contributed by atoms with Gasteiger partial charge in [-0.15, -0.1) is 5.10 Å². The van der Waals surface area contributed by atoms with Crippen LogP contribution in [-0.4, -0.2) is 15.1 Å². The maximum Gasteiger partial charge on any atom is 0.273 e. The third-order valence-electron chi connectivity index (χ3n) is 1.80. The van der Waals surface area contributed by atoms with Gasteiger partial charge < -0.3 is 4.74 Å². The molecule has 1 aromatic heterocycles. The van der Waals surface area contributed by atoms with Gasteiger partial charge in [0.2, 0.25) is 5.88 Å². The molecule has 0 radical (unpaired) electrons. The van der Waals surface area contributed by atoms with Crippen molar-refractivity contribution in [2.75, 3.05) is 0 Å². The Labute approximate surface area is 90.7 Å². The molecule has 0 saturated carbocycles. The van der Waals surface area contributed by atoms with Gasteiger partial charge in [0, 0.05) is 18.3 Å². The van der Waals surface area contributed by atoms with Crippen LogP contribution in [0.1, 0.15) is 0 Å². The van der Waals surface area contributed by atoms with Crippen LogP contribution in [0, 0.1) is 10.1 Å². The van der Waals surface area contributed by atoms with E-state index in [4.69, 9.17) is 4.74 Å². The summed E-state index contributed by atoms with van der Waals surface area (Å²) in [5.74, 6) is 0.651. The lowest BCUT2D eigenvalue weighted by atomic mass is 10.3. The van der Waals surface area contributed by atoms with E-state index in [1.165, 1.54) is 18.3 Å². The zero-order valence-electron chi connectivity index (χ0n) is 8.11. The molecule has 1 heterocycles. The van der Waals surface area contributed by atoms with Gasteiger partial charge >= 0.3 is 0 Å². The third-order valence-corrected chi connectivity index (χ3v) is 1.80. The molecular formula is C10H7N3O3. The van der Waals surface area contributed by atoms with Gasteiger partial charge in [-0.05, 0) is 12.1 Å². The molecule has 0 spiro atoms. The number of rotatable bonds is 3. The molecule has 0 aliphatic heterocycles. The van der Waals surface area contributed by atoms with Crippen molar-refractivity contribution >= 4 is 5.69 Å². The number of aromatic nitrogens is 2. The summed E-state index contributed by atoms with van der Waals surface area (Å²) in [7, 11) is 0. The monoisotopic (exact) mass is 217 g/mol. The predicted molar refractivity (Wildman–Crippen MR) is 55.2 cm³/mol. The number of nitro benzene ring substituents is 1. The normalized spacial score (nSPS) is 9.75. The highest BCUT2D eigenvalue weighted by Crippen LogP contribution is 2.22. The molecule has 6 nitrogen and oxygen atoms in total. The summed E-state index contributed by atoms with van der Waals surface area (Å²) in [5, 5.41) is 17.9. The van der Waals surface area contributed by atoms with Crippen molar-refractivity contribution in [3.05, 3.63) is 52.7 Å². The average molecular weight is 217 g/mol. The summed E-state index contributed by atoms with van der Waals surface area (Å²) in [6, 6.07) is 9.16. The van der Waals surface area contributed by atoms with E-state index in [2.05, 4.69) is 10.2 Å². The van der Waals surface area contributed by atoms with Gasteiger partial charge in [-0.3, -0.25) is 10.1 Å². The highest BCUT2D eigenvalue weighted by molar-refractivity contribution is 5.39. The fraction of sp³-hybridized carbons (Fsp3) is 0. The van der Waals surface area contributed by atoms with Crippen molar-refractivity contribution in [3.63, 3.8) is 0 Å². The zero-order valence-corrected chi connectivity index (χ0v) is 8.11. The first kappa shape index (κ1) is 10.0. The van der Waals surface area contributed by atoms with Gasteiger partial charge in [0.25, 0.3) is 5.69 Å². The second-order valence-corrected chi connectivity index (χ2v) is 2.92. The van der Waals surface area contributed by atoms with Gasteiger partial charge in [0.1, 0.15) is 5.75 Å². The van der Waals surface area contributed by atoms with Crippen LogP contribution in [0.2, 0.25) is 0 Å². The summed E-state index contributed by atoms with van der Waals surface area (Å²) >= 11 is 0. The molecule has 0 aliphatic carbocycles. The second-order valence-electron chi connectivity index (χ2n) is 2.92. The number of hydrogen-bond acceptors (Lipinski definition) is 5. The highest BCUT2D eigenvalue weighted by atomic mass is 16.6. The van der Waals surface area contributed by atoms with E-state index in [0.29, 0.717) is 11.6 Å². The number of nitro groups is 1. The van der Waals surface area contributed by atoms with E-state index < -0.39 is 4.92 Å². The average Bonchev–Trinajstić information content (AvgIpc) is 2.30. The van der Waals surface area contributed by atoms with Crippen molar-refractivity contribution in [2.24, 2.45) is 0 Å². The zero-order chi connectivity index (χ0) is 11.4. The summed E-state index contributed by atoms with van der Waals surface area (Å²) in [4.78, 5) is 10.0. The number of non-ortho nitro benzene ring substituents is 1. The molecule has 16 heavy (non-hydrogen) atoms. The van der Waals surface area contributed by atoms with Crippen LogP contribution >= 0.6 is 0 Å². The second kappa shape index (κ2) is 4.35. The Morgan fingerprint density at radius 3 is 2.81 bits per heavy atom. The Morgan fingerprint density at radius 1 is 1.25 bits per heavy atom. The molecule has 0 bridgehead atoms. The van der Waals surface area contributed by atoms with Crippen LogP contribution in [0.5, 0.6) is 11.6 Å². The van der Waals surface area contributed by atoms with Crippen molar-refractivity contribution in [1.82, 2.24) is 10.2 Å². The van der Waals surface area contributed by atoms with Crippen LogP contribution in [0.25, 0.3) is 0 Å². The van der Waals surface area contributed by atoms with E-state index in [1.807, 2.05) is 0 Å². The van der Waals surface area contributed by atoms with E-state index in [-0.39, 0.29) is 5.69 Å². The Morgan fingerprint density at radius 2 is 2.12 bits per heavy atom. The summed E-state index contributed by atoms with van der Waals surface area (Å²) in [5.41, 5.74) is -0.0265. The molecular weight excluding hydrogens is 210 g/mol. The quantitative estimate of drug-likeness (QED) is 0.581. The van der Waals surface area contributed by atoms with Gasteiger partial charge in [0.05, 0.1) is 11.0 Å². The maximum absolute atomic E-state index is 10.5. The van der Waals surface area contributed by atoms with Crippen molar-refractivity contribution in [1.29, 1.82) is 0 Å². The van der Waals surface area contributed by atoms with Crippen molar-refractivity contribution in [2.45, 2.75) is 0 Å². The molecule has 1 aromatic carbocycles. The van der Waals surface area contributed by atoms with Gasteiger partial charge in [-0.25, -0.2) is 0 Å². The first-order valence-corrected chi connectivity index (χ1v) is 4.46. The Hall–Kier alpha value is -2.50. The SMILES string of the molecule is O=[N+]([O-])c1cccc(Oc2cccnn2)c1. The van der Waals surface area contributed by atoms with Gasteiger partial charge in [-0.1, -0.05) is 6.07 Å². The van der Waals surface area contributed by atoms with Crippen LogP contribution in [0.15, 0.2) is 42.6 Å². The summed E-state index contributed by atoms with van der Waals surface area (Å²) in [6.07, 6.45) is 1.51. The molecule has 0 fully saturated rings. The van der Waals surface area contributed by atoms with Crippen LogP contribution < -0.4 is 4.74 Å². The number of benzene rings is 1. The van der Waals surface area contributed by atoms with Crippen LogP contribution in [-0.2, 0) is 0 Å². The summed E-state index contributed by atoms with van der Waals surface area (Å²) in [6.45, 7) is 0. The number of nitrogens with zero attached hydrogens (tertiary/aromatic N) is 3. The standard InChI is InChI=1S/C10H7N3O3/c14-13(15)8-3-1-4-9(7-8)16-10-5-2-6-11-12-10/h1-7H. The first-order chi connectivity index (χ1) is 7.75. The minimum Gasteiger partial charge on any atom is -0.437 e. The van der Waals surface area contributed by atoms with E-state index in [0.717, 1.165) is 0 Å². The summed E-state index contributed by atoms with van der Waals surface area (Å²) < 4.78 is 5.29. The number of hydrogen-bond donors (Lipinski definition) is 0. The molecule has 0 aliphatic rings. The van der Waals surface area contributed by atoms with E-state index in [9.17, 15) is 10.1 Å². The largest absolute Gasteiger partial charge is 0.437 e. The van der Waals surface area contributed by atoms with Gasteiger partial charge in [0.15, 0.2) is 0 Å². The Bertz CT molecular complexity index is 502. The lowest BCUT2D eigenvalue weighted by molar-refractivity contribution is -0.384. The van der Waals surface area contributed by atoms with E-state index in [1.54, 1.807) is 24.3 Å². The highest BCUT2D eigenvalue weighted by Gasteiger charge is 2.07. The Kier molecular flexibility index (Phi) is 2.73. The third kappa shape index (κ3) is 2.30. The molecule has 2 rings (SSSR count). The lowest BCUT2D eigenvalue weighted by Crippen LogP contribution is -1.91. The molecule has 0 amide bonds. The Balaban J connectivity index is 2.22. The molecule has 0 saturated heterocycles. The fourth-order valence-corrected chi connectivity index (χ4v) is 1.12. The maximum atomic E-state index is 10.5. The minimum absolute atomic E-state index is 0.0265. The van der Waals surface area contributed by atoms with Crippen molar-refractivity contribution < 1.29 is 9.66 Å². The molecule has 0 atom stereocenters. The van der Waals surface area contributed by atoms with E-state index >= 15 is 0 Å². The van der Waals surface area contributed by atoms with Crippen LogP contribution in [0.3, 0.4) is 0 Å². The molecule has 0 unspecified atom stereocenters. The molecule has 0 N–H and O–H groups in total. The number of ether oxygens (including phenoxy) is 1. The molecule has 2 aromatic rings. The topological polar surface area (TPSA) is 78.2 Å². The lowest BCUT2D eigenvalue weighted by Gasteiger charge is -2.02. The molecule has 80 valence electrons. The smallest absolute Gasteiger partial charge is 0.273 e.